The molecular formula is C16H19FN4OS. The van der Waals surface area contributed by atoms with E-state index in [0.29, 0.717) is 36.1 Å². The molecule has 2 aromatic rings. The molecule has 122 valence electrons. The van der Waals surface area contributed by atoms with Gasteiger partial charge in [-0.2, -0.15) is 5.10 Å². The summed E-state index contributed by atoms with van der Waals surface area (Å²) in [6, 6.07) is 6.51. The van der Waals surface area contributed by atoms with E-state index in [4.69, 9.17) is 12.2 Å². The van der Waals surface area contributed by atoms with Crippen molar-refractivity contribution in [3.05, 3.63) is 46.2 Å². The average molecular weight is 334 g/mol. The molecule has 1 fully saturated rings. The van der Waals surface area contributed by atoms with E-state index in [-0.39, 0.29) is 11.7 Å². The van der Waals surface area contributed by atoms with Gasteiger partial charge in [-0.25, -0.2) is 4.39 Å². The molecule has 5 nitrogen and oxygen atoms in total. The summed E-state index contributed by atoms with van der Waals surface area (Å²) >= 11 is 5.14. The van der Waals surface area contributed by atoms with Crippen LogP contribution in [0.3, 0.4) is 0 Å². The van der Waals surface area contributed by atoms with Gasteiger partial charge in [-0.05, 0) is 38.0 Å². The molecule has 1 heterocycles. The van der Waals surface area contributed by atoms with Crippen LogP contribution in [0.1, 0.15) is 31.2 Å². The first-order chi connectivity index (χ1) is 11.1. The number of benzene rings is 1. The zero-order valence-electron chi connectivity index (χ0n) is 12.9. The van der Waals surface area contributed by atoms with Gasteiger partial charge in [0.25, 0.3) is 0 Å². The van der Waals surface area contributed by atoms with E-state index in [1.807, 2.05) is 11.5 Å². The van der Waals surface area contributed by atoms with Crippen molar-refractivity contribution >= 4 is 18.1 Å². The number of aromatic amines is 1. The third-order valence-electron chi connectivity index (χ3n) is 4.36. The number of carbonyl (C=O) groups is 1. The number of H-pyrrole nitrogens is 1. The highest BCUT2D eigenvalue weighted by atomic mass is 32.1. The first kappa shape index (κ1) is 15.9. The van der Waals surface area contributed by atoms with Crippen molar-refractivity contribution < 1.29 is 9.18 Å². The van der Waals surface area contributed by atoms with Gasteiger partial charge in [0.2, 0.25) is 5.91 Å². The lowest BCUT2D eigenvalue weighted by Gasteiger charge is -2.16. The molecule has 1 aromatic heterocycles. The minimum absolute atomic E-state index is 0.111. The maximum atomic E-state index is 14.0. The summed E-state index contributed by atoms with van der Waals surface area (Å²) in [6.07, 6.45) is 1.96. The number of carbonyl (C=O) groups excluding carboxylic acids is 1. The molecule has 3 rings (SSSR count). The van der Waals surface area contributed by atoms with Crippen LogP contribution in [0, 0.1) is 10.6 Å². The fourth-order valence-corrected chi connectivity index (χ4v) is 3.20. The monoisotopic (exact) mass is 334 g/mol. The standard InChI is InChI=1S/C16H19FN4OS/c1-2-21-13(19-20-15(21)23)7-10-18-14(22)16(8-9-16)11-5-3-4-6-12(11)17/h3-6H,2,7-10H2,1H3,(H,18,22)(H,20,23). The van der Waals surface area contributed by atoms with E-state index >= 15 is 0 Å². The Morgan fingerprint density at radius 2 is 2.22 bits per heavy atom. The maximum absolute atomic E-state index is 14.0. The molecule has 0 spiro atoms. The van der Waals surface area contributed by atoms with Gasteiger partial charge in [0.05, 0.1) is 5.41 Å². The van der Waals surface area contributed by atoms with Crippen molar-refractivity contribution in [2.24, 2.45) is 0 Å². The summed E-state index contributed by atoms with van der Waals surface area (Å²) < 4.78 is 16.4. The molecule has 0 aliphatic heterocycles. The smallest absolute Gasteiger partial charge is 0.230 e. The SMILES string of the molecule is CCn1c(CCNC(=O)C2(c3ccccc3F)CC2)n[nH]c1=S. The van der Waals surface area contributed by atoms with E-state index in [0.717, 1.165) is 12.4 Å². The molecule has 0 atom stereocenters. The van der Waals surface area contributed by atoms with Gasteiger partial charge in [-0.15, -0.1) is 0 Å². The second-order valence-corrected chi connectivity index (χ2v) is 6.14. The zero-order valence-corrected chi connectivity index (χ0v) is 13.8. The first-order valence-electron chi connectivity index (χ1n) is 7.76. The molecule has 0 saturated heterocycles. The summed E-state index contributed by atoms with van der Waals surface area (Å²) in [5.41, 5.74) is -0.199. The molecule has 0 unspecified atom stereocenters. The van der Waals surface area contributed by atoms with Crippen LogP contribution in [0.4, 0.5) is 4.39 Å². The quantitative estimate of drug-likeness (QED) is 0.798. The van der Waals surface area contributed by atoms with Crippen molar-refractivity contribution in [2.45, 2.75) is 38.1 Å². The normalized spacial score (nSPS) is 15.4. The largest absolute Gasteiger partial charge is 0.355 e. The number of hydrogen-bond donors (Lipinski definition) is 2. The van der Waals surface area contributed by atoms with E-state index in [1.165, 1.54) is 6.07 Å². The third-order valence-corrected chi connectivity index (χ3v) is 4.67. The van der Waals surface area contributed by atoms with Gasteiger partial charge in [0, 0.05) is 25.1 Å². The Morgan fingerprint density at radius 1 is 1.48 bits per heavy atom. The highest BCUT2D eigenvalue weighted by Crippen LogP contribution is 2.49. The van der Waals surface area contributed by atoms with Gasteiger partial charge in [-0.3, -0.25) is 9.89 Å². The van der Waals surface area contributed by atoms with Crippen molar-refractivity contribution in [1.82, 2.24) is 20.1 Å². The molecule has 1 amide bonds. The lowest BCUT2D eigenvalue weighted by molar-refractivity contribution is -0.123. The Bertz CT molecular complexity index is 778. The van der Waals surface area contributed by atoms with Crippen molar-refractivity contribution in [3.8, 4) is 0 Å². The summed E-state index contributed by atoms with van der Waals surface area (Å²) in [6.45, 7) is 3.18. The minimum atomic E-state index is -0.694. The molecule has 1 aliphatic carbocycles. The van der Waals surface area contributed by atoms with Gasteiger partial charge in [0.1, 0.15) is 11.6 Å². The number of aromatic nitrogens is 3. The molecule has 1 aromatic carbocycles. The van der Waals surface area contributed by atoms with E-state index in [2.05, 4.69) is 15.5 Å². The predicted octanol–water partition coefficient (Wildman–Crippen LogP) is 2.49. The molecule has 2 N–H and O–H groups in total. The van der Waals surface area contributed by atoms with Crippen LogP contribution in [0.2, 0.25) is 0 Å². The molecule has 0 bridgehead atoms. The van der Waals surface area contributed by atoms with Crippen LogP contribution in [-0.4, -0.2) is 27.2 Å². The molecule has 1 saturated carbocycles. The molecule has 23 heavy (non-hydrogen) atoms. The van der Waals surface area contributed by atoms with Gasteiger partial charge in [-0.1, -0.05) is 18.2 Å². The van der Waals surface area contributed by atoms with Crippen LogP contribution in [0.5, 0.6) is 0 Å². The second kappa shape index (κ2) is 6.23. The zero-order chi connectivity index (χ0) is 16.4. The van der Waals surface area contributed by atoms with Crippen molar-refractivity contribution in [3.63, 3.8) is 0 Å². The van der Waals surface area contributed by atoms with Gasteiger partial charge < -0.3 is 9.88 Å². The lowest BCUT2D eigenvalue weighted by Crippen LogP contribution is -2.36. The Labute approximate surface area is 138 Å². The molecule has 7 heteroatoms. The molecular weight excluding hydrogens is 315 g/mol. The van der Waals surface area contributed by atoms with Crippen LogP contribution < -0.4 is 5.32 Å². The minimum Gasteiger partial charge on any atom is -0.355 e. The maximum Gasteiger partial charge on any atom is 0.230 e. The van der Waals surface area contributed by atoms with Gasteiger partial charge in [0.15, 0.2) is 4.77 Å². The number of halogens is 1. The van der Waals surface area contributed by atoms with Crippen LogP contribution in [0.15, 0.2) is 24.3 Å². The summed E-state index contributed by atoms with van der Waals surface area (Å²) in [7, 11) is 0. The third kappa shape index (κ3) is 2.93. The van der Waals surface area contributed by atoms with Crippen LogP contribution in [0.25, 0.3) is 0 Å². The second-order valence-electron chi connectivity index (χ2n) is 5.76. The first-order valence-corrected chi connectivity index (χ1v) is 8.16. The van der Waals surface area contributed by atoms with Crippen molar-refractivity contribution in [2.75, 3.05) is 6.54 Å². The highest BCUT2D eigenvalue weighted by molar-refractivity contribution is 7.71. The Hall–Kier alpha value is -2.02. The van der Waals surface area contributed by atoms with Crippen LogP contribution >= 0.6 is 12.2 Å². The topological polar surface area (TPSA) is 62.7 Å². The van der Waals surface area contributed by atoms with E-state index in [1.54, 1.807) is 18.2 Å². The number of nitrogens with one attached hydrogen (secondary N) is 2. The van der Waals surface area contributed by atoms with Gasteiger partial charge >= 0.3 is 0 Å². The highest BCUT2D eigenvalue weighted by Gasteiger charge is 2.52. The lowest BCUT2D eigenvalue weighted by atomic mass is 9.94. The van der Waals surface area contributed by atoms with Crippen molar-refractivity contribution in [1.29, 1.82) is 0 Å². The summed E-state index contributed by atoms with van der Waals surface area (Å²) in [4.78, 5) is 12.5. The van der Waals surface area contributed by atoms with Crippen LogP contribution in [-0.2, 0) is 23.2 Å². The average Bonchev–Trinajstić information content (AvgIpc) is 3.27. The number of hydrogen-bond acceptors (Lipinski definition) is 3. The fraction of sp³-hybridized carbons (Fsp3) is 0.438. The van der Waals surface area contributed by atoms with E-state index in [9.17, 15) is 9.18 Å². The number of rotatable bonds is 6. The number of amides is 1. The van der Waals surface area contributed by atoms with E-state index < -0.39 is 5.41 Å². The Kier molecular flexibility index (Phi) is 4.30. The summed E-state index contributed by atoms with van der Waals surface area (Å²) in [5.74, 6) is 0.389. The Morgan fingerprint density at radius 3 is 2.87 bits per heavy atom. The predicted molar refractivity (Wildman–Crippen MR) is 87.1 cm³/mol. The molecule has 0 radical (unpaired) electrons. The summed E-state index contributed by atoms with van der Waals surface area (Å²) in [5, 5.41) is 9.84. The fourth-order valence-electron chi connectivity index (χ4n) is 2.92. The Balaban J connectivity index is 1.64. The molecule has 1 aliphatic rings. The number of nitrogens with zero attached hydrogens (tertiary/aromatic N) is 2.